The number of aliphatic hydroxyl groups is 1. The van der Waals surface area contributed by atoms with Crippen molar-refractivity contribution in [1.29, 1.82) is 0 Å². The van der Waals surface area contributed by atoms with Crippen LogP contribution >= 0.6 is 0 Å². The Kier molecular flexibility index (Phi) is 4.68. The van der Waals surface area contributed by atoms with E-state index in [4.69, 9.17) is 0 Å². The molecule has 0 bridgehead atoms. The lowest BCUT2D eigenvalue weighted by molar-refractivity contribution is 0.277. The van der Waals surface area contributed by atoms with Gasteiger partial charge in [0.05, 0.1) is 12.3 Å². The van der Waals surface area contributed by atoms with Gasteiger partial charge in [0.15, 0.2) is 0 Å². The molecule has 0 radical (unpaired) electrons. The van der Waals surface area contributed by atoms with Gasteiger partial charge in [-0.25, -0.2) is 4.68 Å². The van der Waals surface area contributed by atoms with E-state index in [0.29, 0.717) is 5.69 Å². The van der Waals surface area contributed by atoms with Crippen molar-refractivity contribution in [1.82, 2.24) is 15.0 Å². The standard InChI is InChI=1S/C15H21N3O/c1-3-4-5-9-18-15(14(11-19)16-17-18)13-8-6-7-12(2)10-13/h6-8,10,19H,3-5,9,11H2,1-2H3. The molecule has 102 valence electrons. The number of unbranched alkanes of at least 4 members (excludes halogenated alkanes) is 2. The second-order valence-electron chi connectivity index (χ2n) is 4.84. The summed E-state index contributed by atoms with van der Waals surface area (Å²) in [5, 5.41) is 17.7. The molecular weight excluding hydrogens is 238 g/mol. The van der Waals surface area contributed by atoms with Crippen molar-refractivity contribution in [3.8, 4) is 11.3 Å². The predicted molar refractivity (Wildman–Crippen MR) is 75.6 cm³/mol. The van der Waals surface area contributed by atoms with E-state index in [-0.39, 0.29) is 6.61 Å². The van der Waals surface area contributed by atoms with Gasteiger partial charge in [0.2, 0.25) is 0 Å². The zero-order chi connectivity index (χ0) is 13.7. The Morgan fingerprint density at radius 1 is 1.26 bits per heavy atom. The summed E-state index contributed by atoms with van der Waals surface area (Å²) in [4.78, 5) is 0. The van der Waals surface area contributed by atoms with Crippen molar-refractivity contribution < 1.29 is 5.11 Å². The highest BCUT2D eigenvalue weighted by Gasteiger charge is 2.13. The first kappa shape index (κ1) is 13.7. The van der Waals surface area contributed by atoms with E-state index < -0.39 is 0 Å². The lowest BCUT2D eigenvalue weighted by Gasteiger charge is -2.08. The molecule has 2 rings (SSSR count). The molecule has 0 aliphatic heterocycles. The van der Waals surface area contributed by atoms with Gasteiger partial charge in [-0.3, -0.25) is 0 Å². The molecule has 1 aromatic heterocycles. The first-order valence-corrected chi connectivity index (χ1v) is 6.86. The monoisotopic (exact) mass is 259 g/mol. The summed E-state index contributed by atoms with van der Waals surface area (Å²) in [6, 6.07) is 8.23. The van der Waals surface area contributed by atoms with Gasteiger partial charge in [-0.1, -0.05) is 48.7 Å². The molecule has 0 atom stereocenters. The van der Waals surface area contributed by atoms with Crippen molar-refractivity contribution in [2.45, 2.75) is 46.3 Å². The van der Waals surface area contributed by atoms with Crippen molar-refractivity contribution >= 4 is 0 Å². The van der Waals surface area contributed by atoms with Crippen LogP contribution in [0.5, 0.6) is 0 Å². The number of rotatable bonds is 6. The maximum Gasteiger partial charge on any atom is 0.116 e. The zero-order valence-electron chi connectivity index (χ0n) is 11.6. The topological polar surface area (TPSA) is 50.9 Å². The largest absolute Gasteiger partial charge is 0.390 e. The Morgan fingerprint density at radius 3 is 2.79 bits per heavy atom. The Balaban J connectivity index is 2.33. The van der Waals surface area contributed by atoms with Gasteiger partial charge >= 0.3 is 0 Å². The van der Waals surface area contributed by atoms with Crippen LogP contribution in [0, 0.1) is 6.92 Å². The minimum atomic E-state index is -0.0724. The molecule has 19 heavy (non-hydrogen) atoms. The molecule has 0 aliphatic rings. The Morgan fingerprint density at radius 2 is 2.11 bits per heavy atom. The average molecular weight is 259 g/mol. The number of aliphatic hydroxyl groups excluding tert-OH is 1. The molecule has 0 unspecified atom stereocenters. The van der Waals surface area contributed by atoms with E-state index in [1.54, 1.807) is 0 Å². The molecule has 0 fully saturated rings. The normalized spacial score (nSPS) is 10.9. The highest BCUT2D eigenvalue weighted by molar-refractivity contribution is 5.62. The molecule has 4 nitrogen and oxygen atoms in total. The number of hydrogen-bond donors (Lipinski definition) is 1. The number of benzene rings is 1. The van der Waals surface area contributed by atoms with Crippen LogP contribution in [0.3, 0.4) is 0 Å². The van der Waals surface area contributed by atoms with Crippen LogP contribution < -0.4 is 0 Å². The fourth-order valence-electron chi connectivity index (χ4n) is 2.23. The maximum absolute atomic E-state index is 9.42. The van der Waals surface area contributed by atoms with Crippen LogP contribution in [-0.4, -0.2) is 20.1 Å². The highest BCUT2D eigenvalue weighted by Crippen LogP contribution is 2.23. The van der Waals surface area contributed by atoms with Gasteiger partial charge in [-0.05, 0) is 19.4 Å². The molecule has 1 aromatic carbocycles. The molecular formula is C15H21N3O. The second-order valence-corrected chi connectivity index (χ2v) is 4.84. The quantitative estimate of drug-likeness (QED) is 0.811. The first-order chi connectivity index (χ1) is 9.26. The summed E-state index contributed by atoms with van der Waals surface area (Å²) >= 11 is 0. The second kappa shape index (κ2) is 6.48. The van der Waals surface area contributed by atoms with Crippen molar-refractivity contribution in [3.63, 3.8) is 0 Å². The summed E-state index contributed by atoms with van der Waals surface area (Å²) in [7, 11) is 0. The van der Waals surface area contributed by atoms with Crippen LogP contribution in [0.1, 0.15) is 37.4 Å². The third-order valence-electron chi connectivity index (χ3n) is 3.22. The molecule has 0 amide bonds. The average Bonchev–Trinajstić information content (AvgIpc) is 2.82. The Hall–Kier alpha value is -1.68. The van der Waals surface area contributed by atoms with Gasteiger partial charge < -0.3 is 5.11 Å². The lowest BCUT2D eigenvalue weighted by atomic mass is 10.1. The van der Waals surface area contributed by atoms with Gasteiger partial charge in [-0.2, -0.15) is 0 Å². The van der Waals surface area contributed by atoms with Gasteiger partial charge in [0, 0.05) is 12.1 Å². The smallest absolute Gasteiger partial charge is 0.116 e. The summed E-state index contributed by atoms with van der Waals surface area (Å²) in [6.45, 7) is 5.02. The van der Waals surface area contributed by atoms with Gasteiger partial charge in [-0.15, -0.1) is 5.10 Å². The van der Waals surface area contributed by atoms with Crippen LogP contribution in [0.4, 0.5) is 0 Å². The SMILES string of the molecule is CCCCCn1nnc(CO)c1-c1cccc(C)c1. The van der Waals surface area contributed by atoms with Crippen LogP contribution in [0.2, 0.25) is 0 Å². The van der Waals surface area contributed by atoms with Crippen molar-refractivity contribution in [2.75, 3.05) is 0 Å². The Bertz CT molecular complexity index is 534. The van der Waals surface area contributed by atoms with E-state index in [1.165, 1.54) is 18.4 Å². The third-order valence-corrected chi connectivity index (χ3v) is 3.22. The van der Waals surface area contributed by atoms with Gasteiger partial charge in [0.1, 0.15) is 5.69 Å². The molecule has 0 aliphatic carbocycles. The number of hydrogen-bond acceptors (Lipinski definition) is 3. The zero-order valence-corrected chi connectivity index (χ0v) is 11.6. The van der Waals surface area contributed by atoms with E-state index in [2.05, 4.69) is 36.3 Å². The van der Waals surface area contributed by atoms with Gasteiger partial charge in [0.25, 0.3) is 0 Å². The van der Waals surface area contributed by atoms with E-state index in [9.17, 15) is 5.11 Å². The molecule has 2 aromatic rings. The number of aryl methyl sites for hydroxylation is 2. The van der Waals surface area contributed by atoms with Crippen molar-refractivity contribution in [2.24, 2.45) is 0 Å². The summed E-state index contributed by atoms with van der Waals surface area (Å²) in [6.07, 6.45) is 3.45. The third kappa shape index (κ3) is 3.20. The highest BCUT2D eigenvalue weighted by atomic mass is 16.3. The van der Waals surface area contributed by atoms with Crippen molar-refractivity contribution in [3.05, 3.63) is 35.5 Å². The van der Waals surface area contributed by atoms with Crippen LogP contribution in [0.25, 0.3) is 11.3 Å². The molecule has 0 saturated heterocycles. The minimum absolute atomic E-state index is 0.0724. The first-order valence-electron chi connectivity index (χ1n) is 6.86. The molecule has 0 saturated carbocycles. The minimum Gasteiger partial charge on any atom is -0.390 e. The molecule has 1 N–H and O–H groups in total. The van der Waals surface area contributed by atoms with Crippen LogP contribution in [0.15, 0.2) is 24.3 Å². The lowest BCUT2D eigenvalue weighted by Crippen LogP contribution is -2.03. The molecule has 1 heterocycles. The van der Waals surface area contributed by atoms with E-state index in [1.807, 2.05) is 16.8 Å². The maximum atomic E-state index is 9.42. The molecule has 0 spiro atoms. The molecule has 4 heteroatoms. The Labute approximate surface area is 114 Å². The fraction of sp³-hybridized carbons (Fsp3) is 0.467. The fourth-order valence-corrected chi connectivity index (χ4v) is 2.23. The number of aromatic nitrogens is 3. The summed E-state index contributed by atoms with van der Waals surface area (Å²) in [5.74, 6) is 0. The number of nitrogens with zero attached hydrogens (tertiary/aromatic N) is 3. The predicted octanol–water partition coefficient (Wildman–Crippen LogP) is 2.94. The van der Waals surface area contributed by atoms with Crippen LogP contribution in [-0.2, 0) is 13.2 Å². The van der Waals surface area contributed by atoms with E-state index >= 15 is 0 Å². The summed E-state index contributed by atoms with van der Waals surface area (Å²) in [5.41, 5.74) is 3.87. The summed E-state index contributed by atoms with van der Waals surface area (Å²) < 4.78 is 1.91. The van der Waals surface area contributed by atoms with E-state index in [0.717, 1.165) is 24.2 Å².